The van der Waals surface area contributed by atoms with E-state index in [0.29, 0.717) is 23.2 Å². The standard InChI is InChI=1S/C14H22ClNO2/c1-10(2)5-6-16(3)9-11-7-12(15)8-13(18-4)14(11)17/h7-8,10,17H,5-6,9H2,1-4H3. The van der Waals surface area contributed by atoms with Crippen LogP contribution < -0.4 is 4.74 Å². The van der Waals surface area contributed by atoms with Crippen molar-refractivity contribution in [2.75, 3.05) is 20.7 Å². The van der Waals surface area contributed by atoms with Crippen molar-refractivity contribution < 1.29 is 9.84 Å². The Balaban J connectivity index is 2.74. The molecule has 0 saturated carbocycles. The third-order valence-corrected chi connectivity index (χ3v) is 3.09. The molecule has 0 heterocycles. The van der Waals surface area contributed by atoms with Crippen LogP contribution in [0.15, 0.2) is 12.1 Å². The topological polar surface area (TPSA) is 32.7 Å². The van der Waals surface area contributed by atoms with E-state index in [-0.39, 0.29) is 5.75 Å². The van der Waals surface area contributed by atoms with Gasteiger partial charge in [0.05, 0.1) is 7.11 Å². The highest BCUT2D eigenvalue weighted by molar-refractivity contribution is 6.30. The lowest BCUT2D eigenvalue weighted by Crippen LogP contribution is -2.20. The van der Waals surface area contributed by atoms with E-state index in [4.69, 9.17) is 16.3 Å². The molecule has 0 radical (unpaired) electrons. The molecular formula is C14H22ClNO2. The zero-order chi connectivity index (χ0) is 13.7. The van der Waals surface area contributed by atoms with E-state index in [1.165, 1.54) is 7.11 Å². The summed E-state index contributed by atoms with van der Waals surface area (Å²) in [5, 5.41) is 10.6. The lowest BCUT2D eigenvalue weighted by Gasteiger charge is -2.19. The van der Waals surface area contributed by atoms with Crippen LogP contribution in [-0.2, 0) is 6.54 Å². The minimum absolute atomic E-state index is 0.179. The normalized spacial score (nSPS) is 11.3. The fraction of sp³-hybridized carbons (Fsp3) is 0.571. The van der Waals surface area contributed by atoms with Gasteiger partial charge in [0.25, 0.3) is 0 Å². The largest absolute Gasteiger partial charge is 0.504 e. The van der Waals surface area contributed by atoms with E-state index in [1.807, 2.05) is 7.05 Å². The maximum absolute atomic E-state index is 10.0. The van der Waals surface area contributed by atoms with Gasteiger partial charge >= 0.3 is 0 Å². The first-order valence-electron chi connectivity index (χ1n) is 6.18. The van der Waals surface area contributed by atoms with Crippen molar-refractivity contribution in [3.05, 3.63) is 22.7 Å². The van der Waals surface area contributed by atoms with Gasteiger partial charge in [-0.2, -0.15) is 0 Å². The van der Waals surface area contributed by atoms with Gasteiger partial charge < -0.3 is 14.7 Å². The molecule has 3 nitrogen and oxygen atoms in total. The van der Waals surface area contributed by atoms with E-state index in [9.17, 15) is 5.11 Å². The van der Waals surface area contributed by atoms with Crippen LogP contribution >= 0.6 is 11.6 Å². The summed E-state index contributed by atoms with van der Waals surface area (Å²) in [6, 6.07) is 3.40. The van der Waals surface area contributed by atoms with Crippen LogP contribution in [0, 0.1) is 5.92 Å². The Labute approximate surface area is 114 Å². The molecule has 0 aliphatic rings. The molecule has 1 aromatic carbocycles. The molecule has 4 heteroatoms. The van der Waals surface area contributed by atoms with Crippen molar-refractivity contribution in [2.45, 2.75) is 26.8 Å². The number of methoxy groups -OCH3 is 1. The fourth-order valence-corrected chi connectivity index (χ4v) is 1.98. The maximum atomic E-state index is 10.0. The summed E-state index contributed by atoms with van der Waals surface area (Å²) in [7, 11) is 3.56. The van der Waals surface area contributed by atoms with Gasteiger partial charge in [-0.1, -0.05) is 25.4 Å². The van der Waals surface area contributed by atoms with Crippen molar-refractivity contribution in [1.29, 1.82) is 0 Å². The summed E-state index contributed by atoms with van der Waals surface area (Å²) in [4.78, 5) is 2.17. The van der Waals surface area contributed by atoms with Gasteiger partial charge in [0.15, 0.2) is 11.5 Å². The van der Waals surface area contributed by atoms with Crippen LogP contribution in [0.5, 0.6) is 11.5 Å². The summed E-state index contributed by atoms with van der Waals surface area (Å²) in [5.74, 6) is 1.28. The van der Waals surface area contributed by atoms with Gasteiger partial charge in [0.2, 0.25) is 0 Å². The number of phenolic OH excluding ortho intramolecular Hbond substituents is 1. The van der Waals surface area contributed by atoms with Crippen LogP contribution in [0.2, 0.25) is 5.02 Å². The fourth-order valence-electron chi connectivity index (χ4n) is 1.75. The van der Waals surface area contributed by atoms with Crippen LogP contribution in [0.1, 0.15) is 25.8 Å². The molecule has 0 aromatic heterocycles. The number of hydrogen-bond acceptors (Lipinski definition) is 3. The molecule has 102 valence electrons. The smallest absolute Gasteiger partial charge is 0.162 e. The highest BCUT2D eigenvalue weighted by atomic mass is 35.5. The van der Waals surface area contributed by atoms with Crippen LogP contribution in [0.4, 0.5) is 0 Å². The average molecular weight is 272 g/mol. The number of aromatic hydroxyl groups is 1. The molecular weight excluding hydrogens is 250 g/mol. The zero-order valence-corrected chi connectivity index (χ0v) is 12.3. The maximum Gasteiger partial charge on any atom is 0.162 e. The summed E-state index contributed by atoms with van der Waals surface area (Å²) in [6.45, 7) is 6.06. The Morgan fingerprint density at radius 3 is 2.61 bits per heavy atom. The Hall–Kier alpha value is -0.930. The van der Waals surface area contributed by atoms with Crippen LogP contribution in [0.3, 0.4) is 0 Å². The molecule has 0 fully saturated rings. The summed E-state index contributed by atoms with van der Waals surface area (Å²) in [6.07, 6.45) is 1.13. The first kappa shape index (κ1) is 15.1. The minimum atomic E-state index is 0.179. The number of phenols is 1. The van der Waals surface area contributed by atoms with Crippen LogP contribution in [-0.4, -0.2) is 30.7 Å². The van der Waals surface area contributed by atoms with Crippen molar-refractivity contribution in [2.24, 2.45) is 5.92 Å². The SMILES string of the molecule is COc1cc(Cl)cc(CN(C)CCC(C)C)c1O. The number of halogens is 1. The number of hydrogen-bond donors (Lipinski definition) is 1. The molecule has 0 amide bonds. The third-order valence-electron chi connectivity index (χ3n) is 2.87. The number of benzene rings is 1. The first-order chi connectivity index (χ1) is 8.43. The van der Waals surface area contributed by atoms with Crippen molar-refractivity contribution >= 4 is 11.6 Å². The van der Waals surface area contributed by atoms with E-state index < -0.39 is 0 Å². The number of rotatable bonds is 6. The Morgan fingerprint density at radius 2 is 2.06 bits per heavy atom. The molecule has 18 heavy (non-hydrogen) atoms. The van der Waals surface area contributed by atoms with E-state index in [2.05, 4.69) is 18.7 Å². The van der Waals surface area contributed by atoms with Gasteiger partial charge in [0.1, 0.15) is 0 Å². The molecule has 0 aliphatic heterocycles. The van der Waals surface area contributed by atoms with Crippen molar-refractivity contribution in [1.82, 2.24) is 4.90 Å². The average Bonchev–Trinajstić information content (AvgIpc) is 2.30. The van der Waals surface area contributed by atoms with Crippen molar-refractivity contribution in [3.63, 3.8) is 0 Å². The molecule has 1 N–H and O–H groups in total. The number of nitrogens with zero attached hydrogens (tertiary/aromatic N) is 1. The van der Waals surface area contributed by atoms with Crippen LogP contribution in [0.25, 0.3) is 0 Å². The van der Waals surface area contributed by atoms with E-state index >= 15 is 0 Å². The molecule has 1 aromatic rings. The second-order valence-corrected chi connectivity index (χ2v) is 5.47. The number of ether oxygens (including phenoxy) is 1. The minimum Gasteiger partial charge on any atom is -0.504 e. The molecule has 1 rings (SSSR count). The Bertz CT molecular complexity index is 394. The lowest BCUT2D eigenvalue weighted by atomic mass is 10.1. The summed E-state index contributed by atoms with van der Waals surface area (Å²) in [5.41, 5.74) is 0.797. The molecule has 0 atom stereocenters. The molecule has 0 bridgehead atoms. The van der Waals surface area contributed by atoms with E-state index in [0.717, 1.165) is 18.5 Å². The van der Waals surface area contributed by atoms with Crippen molar-refractivity contribution in [3.8, 4) is 11.5 Å². The van der Waals surface area contributed by atoms with Gasteiger partial charge in [-0.05, 0) is 32.0 Å². The highest BCUT2D eigenvalue weighted by Crippen LogP contribution is 2.33. The molecule has 0 saturated heterocycles. The predicted octanol–water partition coefficient (Wildman–Crippen LogP) is 3.53. The first-order valence-corrected chi connectivity index (χ1v) is 6.55. The Kier molecular flexibility index (Phi) is 5.76. The Morgan fingerprint density at radius 1 is 1.39 bits per heavy atom. The monoisotopic (exact) mass is 271 g/mol. The quantitative estimate of drug-likeness (QED) is 0.859. The second kappa shape index (κ2) is 6.86. The zero-order valence-electron chi connectivity index (χ0n) is 11.5. The van der Waals surface area contributed by atoms with Gasteiger partial charge in [0, 0.05) is 23.2 Å². The highest BCUT2D eigenvalue weighted by Gasteiger charge is 2.12. The van der Waals surface area contributed by atoms with Gasteiger partial charge in [-0.25, -0.2) is 0 Å². The third kappa shape index (κ3) is 4.39. The molecule has 0 aliphatic carbocycles. The predicted molar refractivity (Wildman–Crippen MR) is 75.5 cm³/mol. The lowest BCUT2D eigenvalue weighted by molar-refractivity contribution is 0.295. The molecule has 0 unspecified atom stereocenters. The van der Waals surface area contributed by atoms with Gasteiger partial charge in [-0.3, -0.25) is 0 Å². The molecule has 0 spiro atoms. The van der Waals surface area contributed by atoms with Gasteiger partial charge in [-0.15, -0.1) is 0 Å². The van der Waals surface area contributed by atoms with E-state index in [1.54, 1.807) is 12.1 Å². The second-order valence-electron chi connectivity index (χ2n) is 5.04. The summed E-state index contributed by atoms with van der Waals surface area (Å²) < 4.78 is 5.09. The summed E-state index contributed by atoms with van der Waals surface area (Å²) >= 11 is 6.00.